The Labute approximate surface area is 94.8 Å². The number of nitrogens with zero attached hydrogens (tertiary/aromatic N) is 1. The van der Waals surface area contributed by atoms with E-state index in [1.54, 1.807) is 4.90 Å². The van der Waals surface area contributed by atoms with Gasteiger partial charge in [-0.2, -0.15) is 0 Å². The number of nitrogens with one attached hydrogen (secondary N) is 1. The highest BCUT2D eigenvalue weighted by Crippen LogP contribution is 2.28. The molecule has 1 saturated heterocycles. The van der Waals surface area contributed by atoms with E-state index in [0.717, 1.165) is 12.8 Å². The topological polar surface area (TPSA) is 69.6 Å². The van der Waals surface area contributed by atoms with Crippen LogP contribution in [0.5, 0.6) is 0 Å². The van der Waals surface area contributed by atoms with Gasteiger partial charge in [-0.25, -0.2) is 0 Å². The Kier molecular flexibility index (Phi) is 3.43. The molecule has 1 atom stereocenters. The van der Waals surface area contributed by atoms with Crippen LogP contribution in [-0.2, 0) is 9.59 Å². The first kappa shape index (κ1) is 11.4. The standard InChI is InChI=1S/C11H18N2O3/c14-6-5-13(9-2-3-9)11(16)8-1-4-10(15)12-7-8/h8-9,14H,1-7H2,(H,12,15). The van der Waals surface area contributed by atoms with Crippen LogP contribution in [0.1, 0.15) is 25.7 Å². The minimum absolute atomic E-state index is 0.0152. The number of aliphatic hydroxyl groups is 1. The van der Waals surface area contributed by atoms with Crippen molar-refractivity contribution in [3.8, 4) is 0 Å². The van der Waals surface area contributed by atoms with Crippen LogP contribution in [0, 0.1) is 5.92 Å². The SMILES string of the molecule is O=C1CCC(C(=O)N(CCO)C2CC2)CN1. The number of carbonyl (C=O) groups excluding carboxylic acids is 2. The monoisotopic (exact) mass is 226 g/mol. The summed E-state index contributed by atoms with van der Waals surface area (Å²) in [6.07, 6.45) is 3.17. The molecule has 1 unspecified atom stereocenters. The van der Waals surface area contributed by atoms with Gasteiger partial charge in [0.1, 0.15) is 0 Å². The first-order valence-corrected chi connectivity index (χ1v) is 5.90. The lowest BCUT2D eigenvalue weighted by molar-refractivity contribution is -0.138. The lowest BCUT2D eigenvalue weighted by Crippen LogP contribution is -2.46. The summed E-state index contributed by atoms with van der Waals surface area (Å²) >= 11 is 0. The van der Waals surface area contributed by atoms with Gasteiger partial charge in [0, 0.05) is 25.6 Å². The first-order chi connectivity index (χ1) is 7.72. The Morgan fingerprint density at radius 1 is 1.44 bits per heavy atom. The molecule has 1 aliphatic carbocycles. The summed E-state index contributed by atoms with van der Waals surface area (Å²) in [6, 6.07) is 0.331. The Balaban J connectivity index is 1.91. The third-order valence-electron chi connectivity index (χ3n) is 3.23. The van der Waals surface area contributed by atoms with Gasteiger partial charge in [-0.1, -0.05) is 0 Å². The smallest absolute Gasteiger partial charge is 0.227 e. The van der Waals surface area contributed by atoms with Gasteiger partial charge >= 0.3 is 0 Å². The highest BCUT2D eigenvalue weighted by atomic mass is 16.3. The molecule has 2 N–H and O–H groups in total. The highest BCUT2D eigenvalue weighted by molar-refractivity contribution is 5.84. The number of rotatable bonds is 4. The Bertz CT molecular complexity index is 279. The van der Waals surface area contributed by atoms with Gasteiger partial charge in [-0.05, 0) is 19.3 Å². The first-order valence-electron chi connectivity index (χ1n) is 5.90. The van der Waals surface area contributed by atoms with Crippen LogP contribution in [0.25, 0.3) is 0 Å². The summed E-state index contributed by atoms with van der Waals surface area (Å²) in [5.41, 5.74) is 0. The third-order valence-corrected chi connectivity index (χ3v) is 3.23. The van der Waals surface area contributed by atoms with E-state index in [2.05, 4.69) is 5.32 Å². The molecule has 0 spiro atoms. The fraction of sp³-hybridized carbons (Fsp3) is 0.818. The van der Waals surface area contributed by atoms with Crippen molar-refractivity contribution >= 4 is 11.8 Å². The zero-order chi connectivity index (χ0) is 11.5. The quantitative estimate of drug-likeness (QED) is 0.678. The highest BCUT2D eigenvalue weighted by Gasteiger charge is 2.36. The fourth-order valence-corrected chi connectivity index (χ4v) is 2.14. The molecule has 2 fully saturated rings. The van der Waals surface area contributed by atoms with E-state index in [1.807, 2.05) is 0 Å². The molecule has 1 saturated carbocycles. The molecule has 5 nitrogen and oxygen atoms in total. The second kappa shape index (κ2) is 4.82. The maximum Gasteiger partial charge on any atom is 0.227 e. The number of carbonyl (C=O) groups is 2. The van der Waals surface area contributed by atoms with Crippen molar-refractivity contribution in [2.45, 2.75) is 31.7 Å². The van der Waals surface area contributed by atoms with E-state index < -0.39 is 0 Å². The normalized spacial score (nSPS) is 25.1. The number of piperidine rings is 1. The number of amides is 2. The molecule has 2 aliphatic rings. The van der Waals surface area contributed by atoms with E-state index in [0.29, 0.717) is 32.0 Å². The maximum atomic E-state index is 12.1. The summed E-state index contributed by atoms with van der Waals surface area (Å²) in [5, 5.41) is 11.7. The third kappa shape index (κ3) is 2.52. The molecular weight excluding hydrogens is 208 g/mol. The fourth-order valence-electron chi connectivity index (χ4n) is 2.14. The van der Waals surface area contributed by atoms with Crippen LogP contribution >= 0.6 is 0 Å². The lowest BCUT2D eigenvalue weighted by Gasteiger charge is -2.29. The van der Waals surface area contributed by atoms with Gasteiger partial charge in [0.25, 0.3) is 0 Å². The largest absolute Gasteiger partial charge is 0.395 e. The molecule has 0 radical (unpaired) electrons. The van der Waals surface area contributed by atoms with Gasteiger partial charge < -0.3 is 15.3 Å². The van der Waals surface area contributed by atoms with Crippen LogP contribution < -0.4 is 5.32 Å². The molecule has 0 aromatic carbocycles. The summed E-state index contributed by atoms with van der Waals surface area (Å²) < 4.78 is 0. The van der Waals surface area contributed by atoms with Crippen LogP contribution in [0.2, 0.25) is 0 Å². The van der Waals surface area contributed by atoms with Gasteiger partial charge in [-0.3, -0.25) is 9.59 Å². The summed E-state index contributed by atoms with van der Waals surface area (Å²) in [4.78, 5) is 24.9. The molecule has 2 rings (SSSR count). The Morgan fingerprint density at radius 3 is 2.69 bits per heavy atom. The zero-order valence-corrected chi connectivity index (χ0v) is 9.32. The molecule has 2 amide bonds. The second-order valence-corrected chi connectivity index (χ2v) is 4.53. The van der Waals surface area contributed by atoms with Crippen molar-refractivity contribution in [2.75, 3.05) is 19.7 Å². The molecule has 1 heterocycles. The molecule has 5 heteroatoms. The molecule has 90 valence electrons. The van der Waals surface area contributed by atoms with E-state index in [-0.39, 0.29) is 24.3 Å². The van der Waals surface area contributed by atoms with E-state index in [9.17, 15) is 9.59 Å². The zero-order valence-electron chi connectivity index (χ0n) is 9.32. The van der Waals surface area contributed by atoms with Gasteiger partial charge in [0.15, 0.2) is 0 Å². The number of hydrogen-bond acceptors (Lipinski definition) is 3. The minimum atomic E-state index is -0.0927. The predicted molar refractivity (Wildman–Crippen MR) is 57.6 cm³/mol. The minimum Gasteiger partial charge on any atom is -0.395 e. The molecule has 0 bridgehead atoms. The van der Waals surface area contributed by atoms with Crippen LogP contribution in [0.3, 0.4) is 0 Å². The van der Waals surface area contributed by atoms with Crippen molar-refractivity contribution in [3.05, 3.63) is 0 Å². The Hall–Kier alpha value is -1.10. The number of hydrogen-bond donors (Lipinski definition) is 2. The Morgan fingerprint density at radius 2 is 2.19 bits per heavy atom. The van der Waals surface area contributed by atoms with Crippen LogP contribution in [0.4, 0.5) is 0 Å². The van der Waals surface area contributed by atoms with E-state index >= 15 is 0 Å². The molecule has 0 aromatic heterocycles. The van der Waals surface area contributed by atoms with Gasteiger partial charge in [0.05, 0.1) is 12.5 Å². The van der Waals surface area contributed by atoms with Crippen molar-refractivity contribution in [3.63, 3.8) is 0 Å². The molecule has 1 aliphatic heterocycles. The van der Waals surface area contributed by atoms with Crippen molar-refractivity contribution < 1.29 is 14.7 Å². The predicted octanol–water partition coefficient (Wildman–Crippen LogP) is -0.504. The molecule has 0 aromatic rings. The van der Waals surface area contributed by atoms with E-state index in [4.69, 9.17) is 5.11 Å². The van der Waals surface area contributed by atoms with Crippen molar-refractivity contribution in [2.24, 2.45) is 5.92 Å². The second-order valence-electron chi connectivity index (χ2n) is 4.53. The summed E-state index contributed by atoms with van der Waals surface area (Å²) in [6.45, 7) is 0.890. The van der Waals surface area contributed by atoms with Crippen molar-refractivity contribution in [1.82, 2.24) is 10.2 Å². The van der Waals surface area contributed by atoms with E-state index in [1.165, 1.54) is 0 Å². The maximum absolute atomic E-state index is 12.1. The summed E-state index contributed by atoms with van der Waals surface area (Å²) in [7, 11) is 0. The van der Waals surface area contributed by atoms with Crippen LogP contribution in [-0.4, -0.2) is 47.6 Å². The lowest BCUT2D eigenvalue weighted by atomic mass is 9.97. The van der Waals surface area contributed by atoms with Crippen molar-refractivity contribution in [1.29, 1.82) is 0 Å². The van der Waals surface area contributed by atoms with Crippen LogP contribution in [0.15, 0.2) is 0 Å². The molecule has 16 heavy (non-hydrogen) atoms. The van der Waals surface area contributed by atoms with Gasteiger partial charge in [0.2, 0.25) is 11.8 Å². The molecular formula is C11H18N2O3. The average Bonchev–Trinajstić information content (AvgIpc) is 3.10. The van der Waals surface area contributed by atoms with Gasteiger partial charge in [-0.15, -0.1) is 0 Å². The average molecular weight is 226 g/mol. The summed E-state index contributed by atoms with van der Waals surface area (Å²) in [5.74, 6) is 0.0329. The number of aliphatic hydroxyl groups excluding tert-OH is 1.